The molecule has 1 aliphatic rings. The van der Waals surface area contributed by atoms with E-state index in [1.54, 1.807) is 7.11 Å². The summed E-state index contributed by atoms with van der Waals surface area (Å²) < 4.78 is 7.46. The molecular weight excluding hydrogens is 448 g/mol. The summed E-state index contributed by atoms with van der Waals surface area (Å²) in [7, 11) is 1.67. The Balaban J connectivity index is 0.000000446. The maximum absolute atomic E-state index is 8.36. The van der Waals surface area contributed by atoms with Gasteiger partial charge in [-0.25, -0.2) is 0 Å². The van der Waals surface area contributed by atoms with Crippen LogP contribution < -0.4 is 10.5 Å². The van der Waals surface area contributed by atoms with Gasteiger partial charge in [-0.15, -0.1) is 0 Å². The van der Waals surface area contributed by atoms with Gasteiger partial charge in [0.25, 0.3) is 6.47 Å². The molecule has 0 atom stereocenters. The summed E-state index contributed by atoms with van der Waals surface area (Å²) in [5.41, 5.74) is 15.1. The van der Waals surface area contributed by atoms with Gasteiger partial charge in [-0.1, -0.05) is 62.4 Å². The van der Waals surface area contributed by atoms with Crippen molar-refractivity contribution in [2.75, 3.05) is 7.11 Å². The predicted molar refractivity (Wildman–Crippen MR) is 152 cm³/mol. The predicted octanol–water partition coefficient (Wildman–Crippen LogP) is 7.02. The van der Waals surface area contributed by atoms with E-state index in [9.17, 15) is 0 Å². The molecule has 5 heteroatoms. The third-order valence-electron chi connectivity index (χ3n) is 6.06. The van der Waals surface area contributed by atoms with Crippen molar-refractivity contribution in [1.82, 2.24) is 4.57 Å². The molecular formula is C31H44N2O3. The lowest BCUT2D eigenvalue weighted by atomic mass is 9.74. The van der Waals surface area contributed by atoms with Gasteiger partial charge in [0.15, 0.2) is 0 Å². The molecule has 0 saturated heterocycles. The maximum atomic E-state index is 8.36. The summed E-state index contributed by atoms with van der Waals surface area (Å²) in [5, 5.41) is 6.89. The third kappa shape index (κ3) is 9.29. The molecule has 1 aliphatic carbocycles. The first-order valence-electron chi connectivity index (χ1n) is 12.3. The molecule has 3 N–H and O–H groups in total. The minimum absolute atomic E-state index is 0.250. The molecule has 1 aromatic carbocycles. The number of aromatic nitrogens is 1. The highest BCUT2D eigenvalue weighted by atomic mass is 16.5. The number of nitrogens with zero attached hydrogens (tertiary/aromatic N) is 1. The molecule has 0 bridgehead atoms. The van der Waals surface area contributed by atoms with Crippen LogP contribution in [0.2, 0.25) is 0 Å². The number of carbonyl (C=O) groups is 1. The van der Waals surface area contributed by atoms with Crippen LogP contribution in [0.15, 0.2) is 66.9 Å². The van der Waals surface area contributed by atoms with Crippen molar-refractivity contribution in [3.05, 3.63) is 95.0 Å². The van der Waals surface area contributed by atoms with Crippen LogP contribution in [-0.4, -0.2) is 23.3 Å². The van der Waals surface area contributed by atoms with Crippen molar-refractivity contribution in [1.29, 1.82) is 0 Å². The second kappa shape index (κ2) is 14.8. The van der Waals surface area contributed by atoms with E-state index in [0.29, 0.717) is 5.41 Å². The number of hydrogen-bond donors (Lipinski definition) is 2. The summed E-state index contributed by atoms with van der Waals surface area (Å²) >= 11 is 0. The molecule has 0 radical (unpaired) electrons. The summed E-state index contributed by atoms with van der Waals surface area (Å²) in [6.07, 6.45) is 13.4. The lowest BCUT2D eigenvalue weighted by molar-refractivity contribution is -0.122. The lowest BCUT2D eigenvalue weighted by Gasteiger charge is -2.32. The molecule has 0 spiro atoms. The first kappa shape index (κ1) is 30.6. The van der Waals surface area contributed by atoms with Gasteiger partial charge in [-0.2, -0.15) is 0 Å². The molecule has 5 nitrogen and oxygen atoms in total. The van der Waals surface area contributed by atoms with Gasteiger partial charge in [0.2, 0.25) is 0 Å². The number of nitrogens with two attached hydrogens (primary N) is 1. The first-order chi connectivity index (χ1) is 17.0. The largest absolute Gasteiger partial charge is 0.497 e. The number of methoxy groups -OCH3 is 1. The van der Waals surface area contributed by atoms with Gasteiger partial charge in [0, 0.05) is 29.2 Å². The maximum Gasteiger partial charge on any atom is 0.290 e. The number of aryl methyl sites for hydroxylation is 1. The first-order valence-corrected chi connectivity index (χ1v) is 12.3. The fourth-order valence-corrected chi connectivity index (χ4v) is 4.53. The molecule has 36 heavy (non-hydrogen) atoms. The lowest BCUT2D eigenvalue weighted by Crippen LogP contribution is -2.23. The topological polar surface area (TPSA) is 77.5 Å². The van der Waals surface area contributed by atoms with Crippen molar-refractivity contribution in [2.45, 2.75) is 67.3 Å². The Bertz CT molecular complexity index is 1080. The molecule has 0 unspecified atom stereocenters. The van der Waals surface area contributed by atoms with Crippen LogP contribution in [0.3, 0.4) is 0 Å². The standard InChI is InChI=1S/C22H32N2.C8H10O.CH2O2/c1-7-24-18(4)19(13-11-9-8-10-12-17(3)23)21-16(2)14-22(5,6)15-20(21)24;1-7-3-5-8(9-2)6-4-7;2-1-3/h8-12H,2,7,13-15,23H2,1,3-6H3;3-6H,1-2H3;1H,(H,2,3)/b10-8-,11-9+,17-12+;;. The van der Waals surface area contributed by atoms with Crippen LogP contribution >= 0.6 is 0 Å². The second-order valence-electron chi connectivity index (χ2n) is 9.80. The zero-order valence-corrected chi connectivity index (χ0v) is 23.1. The number of rotatable bonds is 6. The van der Waals surface area contributed by atoms with E-state index in [4.69, 9.17) is 20.4 Å². The molecule has 1 aromatic heterocycles. The van der Waals surface area contributed by atoms with Gasteiger partial charge in [-0.05, 0) is 81.7 Å². The molecule has 0 saturated carbocycles. The molecule has 0 fully saturated rings. The Hall–Kier alpha value is -3.47. The molecule has 3 rings (SSSR count). The highest BCUT2D eigenvalue weighted by Gasteiger charge is 2.32. The second-order valence-corrected chi connectivity index (χ2v) is 9.80. The van der Waals surface area contributed by atoms with Crippen LogP contribution in [0.4, 0.5) is 0 Å². The molecule has 1 heterocycles. The number of fused-ring (bicyclic) bond motifs is 1. The zero-order chi connectivity index (χ0) is 27.3. The van der Waals surface area contributed by atoms with Crippen LogP contribution in [0, 0.1) is 19.3 Å². The van der Waals surface area contributed by atoms with Crippen LogP contribution in [0.5, 0.6) is 5.75 Å². The number of allylic oxidation sites excluding steroid dienone is 7. The number of carboxylic acid groups (broad SMARTS) is 1. The van der Waals surface area contributed by atoms with Gasteiger partial charge >= 0.3 is 0 Å². The van der Waals surface area contributed by atoms with Crippen molar-refractivity contribution in [2.24, 2.45) is 11.1 Å². The van der Waals surface area contributed by atoms with Gasteiger partial charge in [0.1, 0.15) is 5.75 Å². The van der Waals surface area contributed by atoms with E-state index < -0.39 is 0 Å². The van der Waals surface area contributed by atoms with E-state index in [0.717, 1.165) is 37.3 Å². The SMILES string of the molecule is C=C1CC(C)(C)Cc2c1c(C/C=C/C=C\C=C(/C)N)c(C)n2CC.COc1ccc(C)cc1.O=CO. The van der Waals surface area contributed by atoms with Crippen LogP contribution in [0.25, 0.3) is 5.57 Å². The van der Waals surface area contributed by atoms with E-state index in [-0.39, 0.29) is 6.47 Å². The minimum atomic E-state index is -0.250. The fraction of sp³-hybridized carbons (Fsp3) is 0.387. The highest BCUT2D eigenvalue weighted by Crippen LogP contribution is 2.44. The van der Waals surface area contributed by atoms with Gasteiger partial charge in [-0.3, -0.25) is 4.79 Å². The van der Waals surface area contributed by atoms with Crippen LogP contribution in [-0.2, 0) is 24.2 Å². The monoisotopic (exact) mass is 492 g/mol. The molecule has 0 amide bonds. The minimum Gasteiger partial charge on any atom is -0.497 e. The van der Waals surface area contributed by atoms with E-state index in [1.807, 2.05) is 49.4 Å². The Morgan fingerprint density at radius 1 is 1.17 bits per heavy atom. The fourth-order valence-electron chi connectivity index (χ4n) is 4.53. The number of ether oxygens (including phenoxy) is 1. The number of benzene rings is 1. The van der Waals surface area contributed by atoms with Crippen LogP contribution in [0.1, 0.15) is 62.2 Å². The molecule has 196 valence electrons. The molecule has 2 aromatic rings. The van der Waals surface area contributed by atoms with E-state index >= 15 is 0 Å². The number of hydrogen-bond acceptors (Lipinski definition) is 3. The quantitative estimate of drug-likeness (QED) is 0.335. The average molecular weight is 493 g/mol. The van der Waals surface area contributed by atoms with E-state index in [2.05, 4.69) is 57.9 Å². The zero-order valence-electron chi connectivity index (χ0n) is 23.1. The Morgan fingerprint density at radius 3 is 2.31 bits per heavy atom. The summed E-state index contributed by atoms with van der Waals surface area (Å²) in [6, 6.07) is 7.96. The third-order valence-corrected chi connectivity index (χ3v) is 6.06. The average Bonchev–Trinajstić information content (AvgIpc) is 3.07. The van der Waals surface area contributed by atoms with Crippen molar-refractivity contribution < 1.29 is 14.6 Å². The summed E-state index contributed by atoms with van der Waals surface area (Å²) in [6.45, 7) is 18.3. The van der Waals surface area contributed by atoms with Crippen molar-refractivity contribution >= 4 is 12.0 Å². The summed E-state index contributed by atoms with van der Waals surface area (Å²) in [4.78, 5) is 8.36. The highest BCUT2D eigenvalue weighted by molar-refractivity contribution is 5.72. The Kier molecular flexibility index (Phi) is 12.6. The van der Waals surface area contributed by atoms with Crippen molar-refractivity contribution in [3.63, 3.8) is 0 Å². The van der Waals surface area contributed by atoms with Crippen molar-refractivity contribution in [3.8, 4) is 5.75 Å². The Labute approximate surface area is 217 Å². The normalized spacial score (nSPS) is 14.5. The van der Waals surface area contributed by atoms with E-state index in [1.165, 1.54) is 33.7 Å². The summed E-state index contributed by atoms with van der Waals surface area (Å²) in [5.74, 6) is 0.917. The smallest absolute Gasteiger partial charge is 0.290 e. The van der Waals surface area contributed by atoms with Gasteiger partial charge < -0.3 is 20.1 Å². The Morgan fingerprint density at radius 2 is 1.78 bits per heavy atom. The molecule has 0 aliphatic heterocycles. The van der Waals surface area contributed by atoms with Gasteiger partial charge in [0.05, 0.1) is 7.11 Å².